The largest absolute Gasteiger partial charge is 0.309 e. The van der Waals surface area contributed by atoms with Crippen LogP contribution in [0.5, 0.6) is 0 Å². The van der Waals surface area contributed by atoms with Crippen molar-refractivity contribution in [3.8, 4) is 33.8 Å². The number of pyridine rings is 1. The number of hydrogen-bond acceptors (Lipinski definition) is 1. The second-order valence-corrected chi connectivity index (χ2v) is 16.5. The molecule has 0 unspecified atom stereocenters. The summed E-state index contributed by atoms with van der Waals surface area (Å²) in [6, 6.07) is 53.4. The molecule has 0 atom stereocenters. The van der Waals surface area contributed by atoms with E-state index in [4.69, 9.17) is 0 Å². The maximum atomic E-state index is 4.56. The third-order valence-electron chi connectivity index (χ3n) is 13.5. The van der Waals surface area contributed by atoms with Crippen molar-refractivity contribution in [3.05, 3.63) is 163 Å². The highest BCUT2D eigenvalue weighted by Crippen LogP contribution is 2.63. The van der Waals surface area contributed by atoms with Gasteiger partial charge >= 0.3 is 0 Å². The van der Waals surface area contributed by atoms with Crippen LogP contribution < -0.4 is 0 Å². The maximum absolute atomic E-state index is 4.56. The first-order valence-electron chi connectivity index (χ1n) is 18.8. The molecule has 1 aliphatic carbocycles. The minimum absolute atomic E-state index is 0.0246. The summed E-state index contributed by atoms with van der Waals surface area (Å²) in [6.45, 7) is 14.7. The van der Waals surface area contributed by atoms with Crippen molar-refractivity contribution < 1.29 is 0 Å². The van der Waals surface area contributed by atoms with Crippen molar-refractivity contribution in [3.63, 3.8) is 0 Å². The molecule has 3 heteroatoms. The van der Waals surface area contributed by atoms with E-state index in [1.54, 1.807) is 0 Å². The number of aromatic nitrogens is 3. The molecule has 53 heavy (non-hydrogen) atoms. The Morgan fingerprint density at radius 3 is 1.72 bits per heavy atom. The number of hydrogen-bond donors (Lipinski definition) is 0. The van der Waals surface area contributed by atoms with Gasteiger partial charge in [-0.25, -0.2) is 0 Å². The van der Waals surface area contributed by atoms with Crippen molar-refractivity contribution in [1.29, 1.82) is 0 Å². The molecule has 0 saturated heterocycles. The molecule has 6 aromatic carbocycles. The molecular weight excluding hydrogens is 643 g/mol. The molecule has 9 aromatic rings. The Balaban J connectivity index is 1.19. The van der Waals surface area contributed by atoms with Gasteiger partial charge < -0.3 is 9.13 Å². The van der Waals surface area contributed by atoms with Crippen LogP contribution in [0.4, 0.5) is 0 Å². The Bertz CT molecular complexity index is 2880. The Labute approximate surface area is 311 Å². The van der Waals surface area contributed by atoms with Crippen LogP contribution in [0.3, 0.4) is 0 Å². The molecule has 3 nitrogen and oxygen atoms in total. The average Bonchev–Trinajstić information content (AvgIpc) is 3.73. The quantitative estimate of drug-likeness (QED) is 0.181. The fraction of sp³-hybridized carbons (Fsp3) is 0.180. The molecule has 0 saturated carbocycles. The third-order valence-corrected chi connectivity index (χ3v) is 13.5. The van der Waals surface area contributed by atoms with Gasteiger partial charge in [-0.1, -0.05) is 114 Å². The van der Waals surface area contributed by atoms with E-state index in [1.807, 2.05) is 18.3 Å². The van der Waals surface area contributed by atoms with Crippen LogP contribution in [0.15, 0.2) is 152 Å². The molecule has 3 aromatic heterocycles. The van der Waals surface area contributed by atoms with Crippen molar-refractivity contribution in [2.24, 2.45) is 5.41 Å². The number of fused-ring (bicyclic) bond motifs is 8. The fourth-order valence-electron chi connectivity index (χ4n) is 9.49. The van der Waals surface area contributed by atoms with Gasteiger partial charge in [0.15, 0.2) is 0 Å². The van der Waals surface area contributed by atoms with E-state index in [0.29, 0.717) is 0 Å². The van der Waals surface area contributed by atoms with Crippen molar-refractivity contribution in [1.82, 2.24) is 14.1 Å². The molecule has 0 amide bonds. The molecule has 0 N–H and O–H groups in total. The third kappa shape index (κ3) is 4.31. The average molecular weight is 686 g/mol. The van der Waals surface area contributed by atoms with E-state index in [2.05, 4.69) is 189 Å². The molecule has 0 bridgehead atoms. The molecule has 0 fully saturated rings. The Kier molecular flexibility index (Phi) is 6.62. The smallest absolute Gasteiger partial charge is 0.0701 e. The monoisotopic (exact) mass is 685 g/mol. The summed E-state index contributed by atoms with van der Waals surface area (Å²) in [5.41, 5.74) is 14.8. The predicted molar refractivity (Wildman–Crippen MR) is 224 cm³/mol. The van der Waals surface area contributed by atoms with Crippen molar-refractivity contribution in [2.75, 3.05) is 0 Å². The van der Waals surface area contributed by atoms with E-state index in [9.17, 15) is 0 Å². The number of para-hydroxylation sites is 2. The lowest BCUT2D eigenvalue weighted by Gasteiger charge is -2.44. The highest BCUT2D eigenvalue weighted by molar-refractivity contribution is 6.14. The van der Waals surface area contributed by atoms with E-state index in [0.717, 1.165) is 16.9 Å². The zero-order valence-corrected chi connectivity index (χ0v) is 31.3. The Hall–Kier alpha value is -5.93. The van der Waals surface area contributed by atoms with E-state index in [-0.39, 0.29) is 16.2 Å². The van der Waals surface area contributed by atoms with Crippen LogP contribution in [0.1, 0.15) is 52.7 Å². The zero-order valence-electron chi connectivity index (χ0n) is 31.3. The van der Waals surface area contributed by atoms with E-state index >= 15 is 0 Å². The highest BCUT2D eigenvalue weighted by atomic mass is 15.0. The van der Waals surface area contributed by atoms with Gasteiger partial charge in [0.05, 0.1) is 27.8 Å². The summed E-state index contributed by atoms with van der Waals surface area (Å²) in [6.07, 6.45) is 1.85. The van der Waals surface area contributed by atoms with E-state index in [1.165, 1.54) is 71.6 Å². The van der Waals surface area contributed by atoms with Gasteiger partial charge in [0, 0.05) is 44.7 Å². The van der Waals surface area contributed by atoms with Crippen LogP contribution in [-0.2, 0) is 10.8 Å². The van der Waals surface area contributed by atoms with Gasteiger partial charge in [-0.2, -0.15) is 0 Å². The summed E-state index contributed by atoms with van der Waals surface area (Å²) >= 11 is 0. The van der Waals surface area contributed by atoms with Gasteiger partial charge in [0.25, 0.3) is 0 Å². The molecule has 258 valence electrons. The van der Waals surface area contributed by atoms with Crippen LogP contribution in [0, 0.1) is 5.41 Å². The summed E-state index contributed by atoms with van der Waals surface area (Å²) < 4.78 is 4.86. The van der Waals surface area contributed by atoms with Crippen molar-refractivity contribution in [2.45, 2.75) is 52.4 Å². The normalized spacial score (nSPS) is 15.8. The lowest BCUT2D eigenvalue weighted by Crippen LogP contribution is -2.42. The summed E-state index contributed by atoms with van der Waals surface area (Å²) in [4.78, 5) is 4.56. The molecule has 10 rings (SSSR count). The van der Waals surface area contributed by atoms with Crippen LogP contribution in [0.2, 0.25) is 0 Å². The molecule has 3 heterocycles. The van der Waals surface area contributed by atoms with E-state index < -0.39 is 0 Å². The first-order valence-corrected chi connectivity index (χ1v) is 18.8. The predicted octanol–water partition coefficient (Wildman–Crippen LogP) is 13.2. The number of rotatable bonds is 4. The number of benzene rings is 6. The minimum atomic E-state index is -0.0340. The zero-order chi connectivity index (χ0) is 36.3. The SMILES string of the molecule is CC1(C)c2ccc3c(c2C(C)(C)C1(C)C)c1cc(-c2ccc4c(c2)c2ccccc2n4-c2ccc(-c4ccccn4)cc2)ccc1n3-c1ccccc1. The topological polar surface area (TPSA) is 22.8 Å². The maximum Gasteiger partial charge on any atom is 0.0701 e. The minimum Gasteiger partial charge on any atom is -0.309 e. The fourth-order valence-corrected chi connectivity index (χ4v) is 9.49. The molecular formula is C50H43N3. The summed E-state index contributed by atoms with van der Waals surface area (Å²) in [5, 5.41) is 5.21. The Morgan fingerprint density at radius 1 is 0.434 bits per heavy atom. The highest BCUT2D eigenvalue weighted by Gasteiger charge is 2.57. The molecule has 1 aliphatic rings. The molecule has 0 spiro atoms. The van der Waals surface area contributed by atoms with Gasteiger partial charge in [0.2, 0.25) is 0 Å². The van der Waals surface area contributed by atoms with Crippen LogP contribution in [0.25, 0.3) is 77.4 Å². The van der Waals surface area contributed by atoms with Gasteiger partial charge in [-0.15, -0.1) is 0 Å². The van der Waals surface area contributed by atoms with Crippen LogP contribution in [-0.4, -0.2) is 14.1 Å². The molecule has 0 radical (unpaired) electrons. The second kappa shape index (κ2) is 11.0. The second-order valence-electron chi connectivity index (χ2n) is 16.5. The van der Waals surface area contributed by atoms with Gasteiger partial charge in [-0.3, -0.25) is 4.98 Å². The van der Waals surface area contributed by atoms with Gasteiger partial charge in [0.1, 0.15) is 0 Å². The van der Waals surface area contributed by atoms with Crippen molar-refractivity contribution >= 4 is 43.6 Å². The first kappa shape index (κ1) is 31.8. The lowest BCUT2D eigenvalue weighted by molar-refractivity contribution is 0.125. The van der Waals surface area contributed by atoms with Crippen LogP contribution >= 0.6 is 0 Å². The summed E-state index contributed by atoms with van der Waals surface area (Å²) in [5.74, 6) is 0. The molecule has 0 aliphatic heterocycles. The summed E-state index contributed by atoms with van der Waals surface area (Å²) in [7, 11) is 0. The Morgan fingerprint density at radius 2 is 1.00 bits per heavy atom. The lowest BCUT2D eigenvalue weighted by atomic mass is 9.59. The first-order chi connectivity index (χ1) is 25.6. The van der Waals surface area contributed by atoms with Gasteiger partial charge in [-0.05, 0) is 111 Å². The standard InChI is InChI=1S/C50H43N3/c1-48(2)40-25-28-45-46(47(40)49(3,4)50(48,5)6)39-31-34(22-27-44(39)53(45)35-14-8-7-9-15-35)33-21-26-43-38(30-33)37-16-10-11-18-42(37)52(43)36-23-19-32(20-24-36)41-17-12-13-29-51-41/h7-31H,1-6H3. The number of nitrogens with zero attached hydrogens (tertiary/aromatic N) is 3.